The number of fused-ring (bicyclic) bond motifs is 1. The molecular weight excluding hydrogens is 396 g/mol. The summed E-state index contributed by atoms with van der Waals surface area (Å²) in [6.07, 6.45) is -0.626. The standard InChI is InChI=1S/C24H26N2O5/c1-24(2,3)31-23(29)26(21(27)19(25)13-16-9-5-4-6-10-16)15-18-14-17-11-7-8-12-20(17)30-22(18)28/h4-12,14,19H,13,15,25H2,1-3H3/t19-/m0/s1. The van der Waals surface area contributed by atoms with Crippen LogP contribution in [0.1, 0.15) is 31.9 Å². The average molecular weight is 422 g/mol. The Balaban J connectivity index is 1.91. The van der Waals surface area contributed by atoms with Crippen LogP contribution in [0.4, 0.5) is 4.79 Å². The van der Waals surface area contributed by atoms with Crippen molar-refractivity contribution < 1.29 is 18.7 Å². The normalized spacial score (nSPS) is 12.4. The predicted octanol–water partition coefficient (Wildman–Crippen LogP) is 3.63. The van der Waals surface area contributed by atoms with Gasteiger partial charge in [0.25, 0.3) is 0 Å². The van der Waals surface area contributed by atoms with Crippen molar-refractivity contribution in [2.75, 3.05) is 0 Å². The lowest BCUT2D eigenvalue weighted by atomic mass is 10.1. The van der Waals surface area contributed by atoms with E-state index in [1.807, 2.05) is 30.3 Å². The Bertz CT molecular complexity index is 1130. The first kappa shape index (κ1) is 22.2. The van der Waals surface area contributed by atoms with E-state index >= 15 is 0 Å². The van der Waals surface area contributed by atoms with Gasteiger partial charge >= 0.3 is 11.7 Å². The number of amides is 2. The zero-order chi connectivity index (χ0) is 22.6. The monoisotopic (exact) mass is 422 g/mol. The van der Waals surface area contributed by atoms with Crippen molar-refractivity contribution in [3.05, 3.63) is 82.2 Å². The molecule has 0 saturated carbocycles. The summed E-state index contributed by atoms with van der Waals surface area (Å²) in [4.78, 5) is 39.3. The van der Waals surface area contributed by atoms with Gasteiger partial charge in [0.2, 0.25) is 5.91 Å². The third-order valence-corrected chi connectivity index (χ3v) is 4.54. The summed E-state index contributed by atoms with van der Waals surface area (Å²) >= 11 is 0. The quantitative estimate of drug-likeness (QED) is 0.630. The van der Waals surface area contributed by atoms with Gasteiger partial charge in [0, 0.05) is 5.39 Å². The largest absolute Gasteiger partial charge is 0.443 e. The molecule has 162 valence electrons. The van der Waals surface area contributed by atoms with E-state index in [-0.39, 0.29) is 18.5 Å². The van der Waals surface area contributed by atoms with Crippen LogP contribution < -0.4 is 11.4 Å². The van der Waals surface area contributed by atoms with Gasteiger partial charge in [-0.15, -0.1) is 0 Å². The number of hydrogen-bond donors (Lipinski definition) is 1. The molecule has 31 heavy (non-hydrogen) atoms. The van der Waals surface area contributed by atoms with Gasteiger partial charge in [0.15, 0.2) is 0 Å². The Hall–Kier alpha value is -3.45. The number of nitrogens with two attached hydrogens (primary N) is 1. The maximum absolute atomic E-state index is 13.1. The lowest BCUT2D eigenvalue weighted by Gasteiger charge is -2.27. The predicted molar refractivity (Wildman–Crippen MR) is 117 cm³/mol. The molecule has 3 rings (SSSR count). The van der Waals surface area contributed by atoms with Crippen LogP contribution in [0.5, 0.6) is 0 Å². The maximum atomic E-state index is 13.1. The zero-order valence-corrected chi connectivity index (χ0v) is 17.8. The van der Waals surface area contributed by atoms with Crippen LogP contribution in [-0.4, -0.2) is 28.5 Å². The Morgan fingerprint density at radius 1 is 1.06 bits per heavy atom. The fourth-order valence-electron chi connectivity index (χ4n) is 3.09. The molecule has 3 aromatic rings. The van der Waals surface area contributed by atoms with E-state index in [1.54, 1.807) is 51.1 Å². The van der Waals surface area contributed by atoms with Gasteiger partial charge in [0.05, 0.1) is 18.2 Å². The molecule has 2 N–H and O–H groups in total. The van der Waals surface area contributed by atoms with E-state index in [1.165, 1.54) is 0 Å². The molecule has 0 unspecified atom stereocenters. The van der Waals surface area contributed by atoms with E-state index in [0.29, 0.717) is 11.0 Å². The molecule has 0 aliphatic carbocycles. The molecule has 2 aromatic carbocycles. The summed E-state index contributed by atoms with van der Waals surface area (Å²) in [5.41, 5.74) is 6.12. The van der Waals surface area contributed by atoms with Crippen LogP contribution in [0, 0.1) is 0 Å². The SMILES string of the molecule is CC(C)(C)OC(=O)N(Cc1cc2ccccc2oc1=O)C(=O)[C@@H](N)Cc1ccccc1. The van der Waals surface area contributed by atoms with Gasteiger partial charge in [-0.3, -0.25) is 4.79 Å². The van der Waals surface area contributed by atoms with Crippen LogP contribution in [-0.2, 0) is 22.5 Å². The molecule has 1 aromatic heterocycles. The summed E-state index contributed by atoms with van der Waals surface area (Å²) in [5.74, 6) is -0.634. The van der Waals surface area contributed by atoms with E-state index in [0.717, 1.165) is 10.5 Å². The molecule has 0 fully saturated rings. The van der Waals surface area contributed by atoms with E-state index in [9.17, 15) is 14.4 Å². The highest BCUT2D eigenvalue weighted by Gasteiger charge is 2.31. The smallest absolute Gasteiger partial charge is 0.417 e. The van der Waals surface area contributed by atoms with Crippen molar-refractivity contribution in [2.45, 2.75) is 45.4 Å². The molecule has 2 amide bonds. The Labute approximate surface area is 180 Å². The second-order valence-electron chi connectivity index (χ2n) is 8.30. The molecule has 1 heterocycles. The fourth-order valence-corrected chi connectivity index (χ4v) is 3.09. The van der Waals surface area contributed by atoms with Crippen molar-refractivity contribution in [1.29, 1.82) is 0 Å². The summed E-state index contributed by atoms with van der Waals surface area (Å²) in [6, 6.07) is 16.9. The van der Waals surface area contributed by atoms with Crippen LogP contribution in [0.2, 0.25) is 0 Å². The minimum Gasteiger partial charge on any atom is -0.443 e. The van der Waals surface area contributed by atoms with Crippen LogP contribution >= 0.6 is 0 Å². The van der Waals surface area contributed by atoms with Crippen molar-refractivity contribution in [2.24, 2.45) is 5.73 Å². The lowest BCUT2D eigenvalue weighted by molar-refractivity contribution is -0.132. The molecule has 0 aliphatic rings. The van der Waals surface area contributed by atoms with Gasteiger partial charge in [0.1, 0.15) is 11.2 Å². The minimum atomic E-state index is -0.984. The number of carbonyl (C=O) groups excluding carboxylic acids is 2. The van der Waals surface area contributed by atoms with Gasteiger partial charge in [-0.1, -0.05) is 48.5 Å². The Morgan fingerprint density at radius 3 is 2.39 bits per heavy atom. The highest BCUT2D eigenvalue weighted by molar-refractivity contribution is 5.95. The number of benzene rings is 2. The van der Waals surface area contributed by atoms with Gasteiger partial charge in [-0.2, -0.15) is 0 Å². The van der Waals surface area contributed by atoms with Gasteiger partial charge in [-0.05, 0) is 44.9 Å². The maximum Gasteiger partial charge on any atom is 0.417 e. The highest BCUT2D eigenvalue weighted by Crippen LogP contribution is 2.17. The number of para-hydroxylation sites is 1. The van der Waals surface area contributed by atoms with E-state index in [2.05, 4.69) is 0 Å². The summed E-state index contributed by atoms with van der Waals surface area (Å²) in [7, 11) is 0. The molecule has 7 heteroatoms. The van der Waals surface area contributed by atoms with Crippen molar-refractivity contribution in [3.63, 3.8) is 0 Å². The molecule has 0 aliphatic heterocycles. The van der Waals surface area contributed by atoms with Crippen molar-refractivity contribution in [1.82, 2.24) is 4.90 Å². The lowest BCUT2D eigenvalue weighted by Crippen LogP contribution is -2.49. The number of ether oxygens (including phenoxy) is 1. The number of rotatable bonds is 5. The first-order valence-electron chi connectivity index (χ1n) is 10.00. The molecular formula is C24H26N2O5. The van der Waals surface area contributed by atoms with Crippen LogP contribution in [0.15, 0.2) is 69.9 Å². The number of nitrogens with zero attached hydrogens (tertiary/aromatic N) is 1. The van der Waals surface area contributed by atoms with Crippen molar-refractivity contribution >= 4 is 23.0 Å². The van der Waals surface area contributed by atoms with E-state index < -0.39 is 29.3 Å². The third kappa shape index (κ3) is 5.79. The van der Waals surface area contributed by atoms with Gasteiger partial charge in [-0.25, -0.2) is 14.5 Å². The van der Waals surface area contributed by atoms with Crippen molar-refractivity contribution in [3.8, 4) is 0 Å². The molecule has 7 nitrogen and oxygen atoms in total. The third-order valence-electron chi connectivity index (χ3n) is 4.54. The Morgan fingerprint density at radius 2 is 1.71 bits per heavy atom. The number of carbonyl (C=O) groups is 2. The van der Waals surface area contributed by atoms with Gasteiger partial charge < -0.3 is 14.9 Å². The summed E-state index contributed by atoms with van der Waals surface area (Å²) < 4.78 is 10.7. The average Bonchev–Trinajstić information content (AvgIpc) is 2.71. The second-order valence-corrected chi connectivity index (χ2v) is 8.30. The molecule has 0 radical (unpaired) electrons. The summed E-state index contributed by atoms with van der Waals surface area (Å²) in [5, 5.41) is 0.683. The van der Waals surface area contributed by atoms with Crippen LogP contribution in [0.3, 0.4) is 0 Å². The Kier molecular flexibility index (Phi) is 6.56. The first-order valence-corrected chi connectivity index (χ1v) is 10.00. The summed E-state index contributed by atoms with van der Waals surface area (Å²) in [6.45, 7) is 4.79. The van der Waals surface area contributed by atoms with Crippen LogP contribution in [0.25, 0.3) is 11.0 Å². The minimum absolute atomic E-state index is 0.157. The topological polar surface area (TPSA) is 103 Å². The zero-order valence-electron chi connectivity index (χ0n) is 17.8. The first-order chi connectivity index (χ1) is 14.6. The molecule has 0 bridgehead atoms. The number of hydrogen-bond acceptors (Lipinski definition) is 6. The van der Waals surface area contributed by atoms with E-state index in [4.69, 9.17) is 14.9 Å². The highest BCUT2D eigenvalue weighted by atomic mass is 16.6. The fraction of sp³-hybridized carbons (Fsp3) is 0.292. The number of imide groups is 1. The second kappa shape index (κ2) is 9.14. The molecule has 1 atom stereocenters. The molecule has 0 saturated heterocycles. The molecule has 0 spiro atoms.